The molecule has 0 aromatic heterocycles. The van der Waals surface area contributed by atoms with Gasteiger partial charge in [0.2, 0.25) is 0 Å². The van der Waals surface area contributed by atoms with Gasteiger partial charge in [-0.3, -0.25) is 0 Å². The maximum absolute atomic E-state index is 10.8. The van der Waals surface area contributed by atoms with Crippen LogP contribution in [0.15, 0.2) is 48.5 Å². The summed E-state index contributed by atoms with van der Waals surface area (Å²) in [5.74, 6) is -2.47. The number of amides is 1. The molecule has 128 valence electrons. The Morgan fingerprint density at radius 2 is 1.58 bits per heavy atom. The van der Waals surface area contributed by atoms with Crippen molar-refractivity contribution in [2.24, 2.45) is 5.73 Å². The molecular weight excluding hydrogens is 351 g/mol. The largest absolute Gasteiger partial charge is 0.490 e. The van der Waals surface area contributed by atoms with Crippen LogP contribution < -0.4 is 10.5 Å². The highest BCUT2D eigenvalue weighted by atomic mass is 35.5. The van der Waals surface area contributed by atoms with Crippen LogP contribution in [-0.2, 0) is 4.79 Å². The number of carboxylic acid groups (broad SMARTS) is 1. The van der Waals surface area contributed by atoms with E-state index >= 15 is 0 Å². The normalized spacial score (nSPS) is 10.3. The van der Waals surface area contributed by atoms with Crippen LogP contribution in [0.4, 0.5) is 18.0 Å². The maximum atomic E-state index is 10.8. The number of carbonyl (C=O) groups is 2. The van der Waals surface area contributed by atoms with Crippen molar-refractivity contribution in [3.05, 3.63) is 53.6 Å². The molecule has 0 aliphatic rings. The first-order chi connectivity index (χ1) is 11.1. The summed E-state index contributed by atoms with van der Waals surface area (Å²) in [6, 6.07) is 14.8. The fraction of sp³-hybridized carbons (Fsp3) is 0.0667. The van der Waals surface area contributed by atoms with Gasteiger partial charge in [0.05, 0.1) is 5.02 Å². The highest BCUT2D eigenvalue weighted by Crippen LogP contribution is 2.35. The fourth-order valence-corrected chi connectivity index (χ4v) is 1.77. The molecule has 3 N–H and O–H groups in total. The second kappa shape index (κ2) is 8.21. The molecule has 2 rings (SSSR count). The highest BCUT2D eigenvalue weighted by molar-refractivity contribution is 6.32. The minimum atomic E-state index is -5.08. The molecule has 0 aliphatic heterocycles. The summed E-state index contributed by atoms with van der Waals surface area (Å²) < 4.78 is 36.7. The van der Waals surface area contributed by atoms with Gasteiger partial charge in [-0.05, 0) is 11.6 Å². The van der Waals surface area contributed by atoms with E-state index in [0.717, 1.165) is 11.1 Å². The Balaban J connectivity index is 0.000000351. The van der Waals surface area contributed by atoms with Crippen LogP contribution in [0.2, 0.25) is 5.02 Å². The average Bonchev–Trinajstić information content (AvgIpc) is 2.49. The first kappa shape index (κ1) is 19.3. The highest BCUT2D eigenvalue weighted by Gasteiger charge is 2.38. The maximum Gasteiger partial charge on any atom is 0.490 e. The van der Waals surface area contributed by atoms with Crippen molar-refractivity contribution in [1.29, 1.82) is 0 Å². The number of carboxylic acids is 1. The zero-order chi connectivity index (χ0) is 18.3. The van der Waals surface area contributed by atoms with Gasteiger partial charge in [-0.2, -0.15) is 13.2 Å². The zero-order valence-corrected chi connectivity index (χ0v) is 12.6. The van der Waals surface area contributed by atoms with Crippen LogP contribution in [0.1, 0.15) is 0 Å². The van der Waals surface area contributed by atoms with E-state index in [-0.39, 0.29) is 5.75 Å². The number of primary amides is 1. The lowest BCUT2D eigenvalue weighted by Crippen LogP contribution is -2.21. The van der Waals surface area contributed by atoms with Crippen molar-refractivity contribution in [3.63, 3.8) is 0 Å². The summed E-state index contributed by atoms with van der Waals surface area (Å²) in [4.78, 5) is 19.7. The molecule has 0 atom stereocenters. The van der Waals surface area contributed by atoms with E-state index in [0.29, 0.717) is 5.02 Å². The molecule has 0 saturated heterocycles. The van der Waals surface area contributed by atoms with Gasteiger partial charge in [-0.25, -0.2) is 9.59 Å². The van der Waals surface area contributed by atoms with Crippen molar-refractivity contribution in [3.8, 4) is 16.9 Å². The van der Waals surface area contributed by atoms with Crippen molar-refractivity contribution in [2.45, 2.75) is 6.18 Å². The van der Waals surface area contributed by atoms with Gasteiger partial charge in [-0.1, -0.05) is 54.1 Å². The Kier molecular flexibility index (Phi) is 6.60. The first-order valence-corrected chi connectivity index (χ1v) is 6.62. The lowest BCUT2D eigenvalue weighted by atomic mass is 10.0. The van der Waals surface area contributed by atoms with Crippen LogP contribution in [0.5, 0.6) is 5.75 Å². The fourth-order valence-electron chi connectivity index (χ4n) is 1.56. The lowest BCUT2D eigenvalue weighted by molar-refractivity contribution is -0.192. The van der Waals surface area contributed by atoms with Gasteiger partial charge in [0.25, 0.3) is 0 Å². The van der Waals surface area contributed by atoms with E-state index in [9.17, 15) is 18.0 Å². The van der Waals surface area contributed by atoms with Crippen molar-refractivity contribution in [1.82, 2.24) is 0 Å². The summed E-state index contributed by atoms with van der Waals surface area (Å²) in [5, 5.41) is 7.48. The average molecular weight is 362 g/mol. The molecule has 2 aromatic carbocycles. The summed E-state index contributed by atoms with van der Waals surface area (Å²) in [5.41, 5.74) is 6.66. The lowest BCUT2D eigenvalue weighted by Gasteiger charge is -2.10. The number of alkyl halides is 3. The number of aliphatic carboxylic acids is 1. The Labute approximate surface area is 139 Å². The van der Waals surface area contributed by atoms with Gasteiger partial charge in [0.15, 0.2) is 5.75 Å². The van der Waals surface area contributed by atoms with E-state index in [4.69, 9.17) is 32.0 Å². The number of halogens is 4. The smallest absolute Gasteiger partial charge is 0.475 e. The van der Waals surface area contributed by atoms with Crippen molar-refractivity contribution in [2.75, 3.05) is 0 Å². The van der Waals surface area contributed by atoms with Crippen LogP contribution >= 0.6 is 11.6 Å². The zero-order valence-electron chi connectivity index (χ0n) is 11.9. The Hall–Kier alpha value is -2.74. The van der Waals surface area contributed by atoms with Gasteiger partial charge >= 0.3 is 18.2 Å². The third-order valence-corrected chi connectivity index (χ3v) is 2.79. The molecule has 0 radical (unpaired) electrons. The van der Waals surface area contributed by atoms with E-state index in [2.05, 4.69) is 0 Å². The standard InChI is InChI=1S/C13H10ClNO2.C2HF3O2/c14-11-8-4-7-10(12(11)17-13(15)16)9-5-2-1-3-6-9;3-2(4,5)1(6)7/h1-8H,(H2,15,16);(H,6,7). The molecule has 0 fully saturated rings. The molecule has 2 aromatic rings. The predicted molar refractivity (Wildman–Crippen MR) is 80.8 cm³/mol. The molecule has 0 heterocycles. The molecule has 0 saturated carbocycles. The Morgan fingerprint density at radius 1 is 1.04 bits per heavy atom. The first-order valence-electron chi connectivity index (χ1n) is 6.24. The molecule has 0 aliphatic carbocycles. The summed E-state index contributed by atoms with van der Waals surface area (Å²) >= 11 is 5.99. The number of para-hydroxylation sites is 1. The summed E-state index contributed by atoms with van der Waals surface area (Å²) in [6.45, 7) is 0. The van der Waals surface area contributed by atoms with Crippen molar-refractivity contribution >= 4 is 23.7 Å². The minimum absolute atomic E-state index is 0.285. The molecule has 0 spiro atoms. The molecule has 24 heavy (non-hydrogen) atoms. The molecule has 1 amide bonds. The number of benzene rings is 2. The van der Waals surface area contributed by atoms with Crippen LogP contribution in [0.25, 0.3) is 11.1 Å². The van der Waals surface area contributed by atoms with Gasteiger partial charge in [0, 0.05) is 5.56 Å². The topological polar surface area (TPSA) is 89.6 Å². The van der Waals surface area contributed by atoms with E-state index < -0.39 is 18.2 Å². The van der Waals surface area contributed by atoms with Gasteiger partial charge < -0.3 is 15.6 Å². The van der Waals surface area contributed by atoms with Crippen LogP contribution in [-0.4, -0.2) is 23.3 Å². The molecule has 0 unspecified atom stereocenters. The molecular formula is C15H11ClF3NO4. The minimum Gasteiger partial charge on any atom is -0.475 e. The second-order valence-corrected chi connectivity index (χ2v) is 4.61. The number of nitrogens with two attached hydrogens (primary N) is 1. The Morgan fingerprint density at radius 3 is 2.04 bits per heavy atom. The number of hydrogen-bond donors (Lipinski definition) is 2. The van der Waals surface area contributed by atoms with Crippen molar-refractivity contribution < 1.29 is 32.6 Å². The summed E-state index contributed by atoms with van der Waals surface area (Å²) in [6.07, 6.45) is -5.96. The van der Waals surface area contributed by atoms with Gasteiger partial charge in [0.1, 0.15) is 0 Å². The number of rotatable bonds is 2. The van der Waals surface area contributed by atoms with Gasteiger partial charge in [-0.15, -0.1) is 0 Å². The Bertz CT molecular complexity index is 720. The third kappa shape index (κ3) is 5.81. The molecule has 0 bridgehead atoms. The quantitative estimate of drug-likeness (QED) is 0.842. The van der Waals surface area contributed by atoms with Crippen LogP contribution in [0, 0.1) is 0 Å². The van der Waals surface area contributed by atoms with E-state index in [1.54, 1.807) is 12.1 Å². The van der Waals surface area contributed by atoms with E-state index in [1.807, 2.05) is 36.4 Å². The monoisotopic (exact) mass is 361 g/mol. The number of ether oxygens (including phenoxy) is 1. The molecule has 5 nitrogen and oxygen atoms in total. The number of carbonyl (C=O) groups excluding carboxylic acids is 1. The van der Waals surface area contributed by atoms with Crippen LogP contribution in [0.3, 0.4) is 0 Å². The predicted octanol–water partition coefficient (Wildman–Crippen LogP) is 4.10. The third-order valence-electron chi connectivity index (χ3n) is 2.50. The number of hydrogen-bond acceptors (Lipinski definition) is 3. The summed E-state index contributed by atoms with van der Waals surface area (Å²) in [7, 11) is 0. The SMILES string of the molecule is NC(=O)Oc1c(Cl)cccc1-c1ccccc1.O=C(O)C(F)(F)F. The molecule has 9 heteroatoms. The second-order valence-electron chi connectivity index (χ2n) is 4.21. The van der Waals surface area contributed by atoms with E-state index in [1.165, 1.54) is 0 Å².